The molecule has 4 aromatic rings. The van der Waals surface area contributed by atoms with Crippen LogP contribution in [0.1, 0.15) is 36.5 Å². The van der Waals surface area contributed by atoms with E-state index in [4.69, 9.17) is 17.2 Å². The minimum absolute atomic E-state index is 0.0743. The first-order chi connectivity index (χ1) is 24.5. The van der Waals surface area contributed by atoms with E-state index in [0.717, 1.165) is 22.0 Å². The third kappa shape index (κ3) is 11.7. The van der Waals surface area contributed by atoms with Gasteiger partial charge in [0.1, 0.15) is 24.2 Å². The third-order valence-electron chi connectivity index (χ3n) is 8.11. The fraction of sp³-hybridized carbons (Fsp3) is 0.306. The molecule has 0 saturated heterocycles. The Morgan fingerprint density at radius 2 is 1.33 bits per heavy atom. The second-order valence-corrected chi connectivity index (χ2v) is 12.1. The maximum absolute atomic E-state index is 14.0. The number of guanidine groups is 1. The van der Waals surface area contributed by atoms with Gasteiger partial charge in [0.2, 0.25) is 29.5 Å². The first-order valence-corrected chi connectivity index (χ1v) is 16.5. The molecule has 5 amide bonds. The lowest BCUT2D eigenvalue weighted by Crippen LogP contribution is -2.59. The molecule has 0 fully saturated rings. The lowest BCUT2D eigenvalue weighted by molar-refractivity contribution is -0.134. The molecule has 0 bridgehead atoms. The van der Waals surface area contributed by atoms with Gasteiger partial charge in [-0.25, -0.2) is 0 Å². The van der Waals surface area contributed by atoms with E-state index in [1.165, 1.54) is 6.92 Å². The molecular formula is C36H44N10O5. The molecule has 2 aromatic carbocycles. The Morgan fingerprint density at radius 1 is 0.725 bits per heavy atom. The average Bonchev–Trinajstić information content (AvgIpc) is 3.51. The van der Waals surface area contributed by atoms with Gasteiger partial charge in [-0.3, -0.25) is 33.9 Å². The molecular weight excluding hydrogens is 652 g/mol. The van der Waals surface area contributed by atoms with Crippen LogP contribution in [0.2, 0.25) is 0 Å². The van der Waals surface area contributed by atoms with E-state index in [9.17, 15) is 24.0 Å². The van der Waals surface area contributed by atoms with Gasteiger partial charge in [0, 0.05) is 62.2 Å². The number of hydrogen-bond acceptors (Lipinski definition) is 7. The van der Waals surface area contributed by atoms with Crippen LogP contribution >= 0.6 is 0 Å². The molecule has 0 aliphatic carbocycles. The van der Waals surface area contributed by atoms with E-state index >= 15 is 0 Å². The van der Waals surface area contributed by atoms with E-state index in [-0.39, 0.29) is 38.2 Å². The molecule has 4 rings (SSSR count). The number of amides is 5. The minimum Gasteiger partial charge on any atom is -0.370 e. The van der Waals surface area contributed by atoms with Gasteiger partial charge in [0.15, 0.2) is 5.96 Å². The van der Waals surface area contributed by atoms with Crippen LogP contribution in [0.15, 0.2) is 90.3 Å². The molecule has 2 aromatic heterocycles. The van der Waals surface area contributed by atoms with Gasteiger partial charge in [-0.2, -0.15) is 0 Å². The van der Waals surface area contributed by atoms with Crippen molar-refractivity contribution < 1.29 is 24.0 Å². The number of nitrogens with one attached hydrogen (secondary N) is 5. The second kappa shape index (κ2) is 18.5. The Bertz CT molecular complexity index is 1830. The van der Waals surface area contributed by atoms with Crippen molar-refractivity contribution in [2.24, 2.45) is 22.2 Å². The lowest BCUT2D eigenvalue weighted by atomic mass is 10.0. The standard InChI is InChI=1S/C36H44N10O5/c1-22(47)43-30(18-24-11-7-15-40-20-24)34(50)46-31(17-23-9-3-2-4-10-23)35(51)44-28(14-8-16-41-36(38)39)33(49)45-29(32(37)48)19-25-21-42-27-13-6-5-12-26(25)27/h2-7,9-13,15,20-21,28-31,42H,8,14,16-19H2,1H3,(H2,37,48)(H,43,47)(H,44,51)(H,45,49)(H,46,50)(H4,38,39,41)/t28-,29-,30-,31+/m0/s1. The highest BCUT2D eigenvalue weighted by molar-refractivity contribution is 5.96. The number of nitrogens with zero attached hydrogens (tertiary/aromatic N) is 2. The number of primary amides is 1. The van der Waals surface area contributed by atoms with Crippen molar-refractivity contribution in [3.05, 3.63) is 102 Å². The van der Waals surface area contributed by atoms with Gasteiger partial charge in [-0.1, -0.05) is 54.6 Å². The predicted molar refractivity (Wildman–Crippen MR) is 193 cm³/mol. The molecule has 51 heavy (non-hydrogen) atoms. The average molecular weight is 697 g/mol. The number of aliphatic imine (C=N–C) groups is 1. The van der Waals surface area contributed by atoms with Crippen LogP contribution < -0.4 is 38.5 Å². The first-order valence-electron chi connectivity index (χ1n) is 16.5. The SMILES string of the molecule is CC(=O)N[C@@H](Cc1cccnc1)C(=O)N[C@H](Cc1ccccc1)C(=O)N[C@@H](CCCN=C(N)N)C(=O)N[C@@H](Cc1c[nH]c2ccccc12)C(N)=O. The van der Waals surface area contributed by atoms with E-state index in [1.807, 2.05) is 30.3 Å². The molecule has 0 unspecified atom stereocenters. The molecule has 0 spiro atoms. The maximum Gasteiger partial charge on any atom is 0.243 e. The third-order valence-corrected chi connectivity index (χ3v) is 8.11. The summed E-state index contributed by atoms with van der Waals surface area (Å²) in [5.74, 6) is -3.24. The number of carbonyl (C=O) groups is 5. The van der Waals surface area contributed by atoms with Crippen molar-refractivity contribution in [2.75, 3.05) is 6.54 Å². The van der Waals surface area contributed by atoms with E-state index in [0.29, 0.717) is 12.0 Å². The fourth-order valence-electron chi connectivity index (χ4n) is 5.60. The van der Waals surface area contributed by atoms with E-state index in [2.05, 4.69) is 36.2 Å². The normalized spacial score (nSPS) is 13.2. The lowest BCUT2D eigenvalue weighted by Gasteiger charge is -2.26. The summed E-state index contributed by atoms with van der Waals surface area (Å²) in [6.45, 7) is 1.47. The second-order valence-electron chi connectivity index (χ2n) is 12.1. The Morgan fingerprint density at radius 3 is 2.00 bits per heavy atom. The Hall–Kier alpha value is -6.25. The number of nitrogens with two attached hydrogens (primary N) is 3. The minimum atomic E-state index is -1.16. The fourth-order valence-corrected chi connectivity index (χ4v) is 5.60. The summed E-state index contributed by atoms with van der Waals surface area (Å²) in [7, 11) is 0. The van der Waals surface area contributed by atoms with Crippen molar-refractivity contribution in [1.29, 1.82) is 0 Å². The zero-order chi connectivity index (χ0) is 36.8. The topological polar surface area (TPSA) is 253 Å². The summed E-state index contributed by atoms with van der Waals surface area (Å²) in [6.07, 6.45) is 5.62. The van der Waals surface area contributed by atoms with Crippen molar-refractivity contribution in [3.63, 3.8) is 0 Å². The zero-order valence-corrected chi connectivity index (χ0v) is 28.3. The van der Waals surface area contributed by atoms with Crippen LogP contribution in [0.3, 0.4) is 0 Å². The van der Waals surface area contributed by atoms with Crippen LogP contribution in [-0.4, -0.2) is 76.2 Å². The Kier molecular flexibility index (Phi) is 13.6. The van der Waals surface area contributed by atoms with Crippen molar-refractivity contribution >= 4 is 46.4 Å². The number of aromatic nitrogens is 2. The van der Waals surface area contributed by atoms with Gasteiger partial charge in [0.05, 0.1) is 0 Å². The molecule has 15 nitrogen and oxygen atoms in total. The number of H-pyrrole nitrogens is 1. The smallest absolute Gasteiger partial charge is 0.243 e. The molecule has 0 saturated carbocycles. The number of benzene rings is 2. The number of carbonyl (C=O) groups excluding carboxylic acids is 5. The predicted octanol–water partition coefficient (Wildman–Crippen LogP) is 0.0888. The van der Waals surface area contributed by atoms with E-state index in [1.54, 1.807) is 55.0 Å². The van der Waals surface area contributed by atoms with E-state index < -0.39 is 53.7 Å². The van der Waals surface area contributed by atoms with Crippen LogP contribution in [0.25, 0.3) is 10.9 Å². The molecule has 268 valence electrons. The molecule has 0 radical (unpaired) electrons. The number of para-hydroxylation sites is 1. The van der Waals surface area contributed by atoms with Crippen LogP contribution in [0.5, 0.6) is 0 Å². The molecule has 15 heteroatoms. The quantitative estimate of drug-likeness (QED) is 0.0401. The number of rotatable bonds is 18. The summed E-state index contributed by atoms with van der Waals surface area (Å²) in [4.78, 5) is 77.2. The molecule has 0 aliphatic rings. The summed E-state index contributed by atoms with van der Waals surface area (Å²) in [5, 5.41) is 11.8. The van der Waals surface area contributed by atoms with Crippen molar-refractivity contribution in [3.8, 4) is 0 Å². The van der Waals surface area contributed by atoms with Crippen LogP contribution in [0.4, 0.5) is 0 Å². The number of fused-ring (bicyclic) bond motifs is 1. The summed E-state index contributed by atoms with van der Waals surface area (Å²) < 4.78 is 0. The Balaban J connectivity index is 1.56. The largest absolute Gasteiger partial charge is 0.370 e. The summed E-state index contributed by atoms with van der Waals surface area (Å²) in [5.41, 5.74) is 19.7. The van der Waals surface area contributed by atoms with Gasteiger partial charge < -0.3 is 43.5 Å². The first kappa shape index (κ1) is 37.6. The number of aromatic amines is 1. The monoisotopic (exact) mass is 696 g/mol. The Labute approximate surface area is 295 Å². The molecule has 11 N–H and O–H groups in total. The molecule has 2 heterocycles. The highest BCUT2D eigenvalue weighted by Crippen LogP contribution is 2.19. The highest BCUT2D eigenvalue weighted by Gasteiger charge is 2.31. The highest BCUT2D eigenvalue weighted by atomic mass is 16.2. The number of pyridine rings is 1. The molecule has 4 atom stereocenters. The van der Waals surface area contributed by atoms with Gasteiger partial charge in [0.25, 0.3) is 0 Å². The summed E-state index contributed by atoms with van der Waals surface area (Å²) in [6, 6.07) is 15.6. The van der Waals surface area contributed by atoms with Gasteiger partial charge in [-0.15, -0.1) is 0 Å². The van der Waals surface area contributed by atoms with Gasteiger partial charge in [-0.05, 0) is 41.7 Å². The zero-order valence-electron chi connectivity index (χ0n) is 28.3. The number of hydrogen-bond donors (Lipinski definition) is 8. The summed E-state index contributed by atoms with van der Waals surface area (Å²) >= 11 is 0. The van der Waals surface area contributed by atoms with Crippen LogP contribution in [-0.2, 0) is 43.2 Å². The van der Waals surface area contributed by atoms with Gasteiger partial charge >= 0.3 is 0 Å². The maximum atomic E-state index is 14.0. The van der Waals surface area contributed by atoms with Crippen molar-refractivity contribution in [2.45, 2.75) is 63.2 Å². The van der Waals surface area contributed by atoms with Crippen LogP contribution in [0, 0.1) is 0 Å². The molecule has 0 aliphatic heterocycles. The van der Waals surface area contributed by atoms with Crippen molar-refractivity contribution in [1.82, 2.24) is 31.2 Å².